The smallest absolute Gasteiger partial charge is 0.333 e. The highest BCUT2D eigenvalue weighted by Crippen LogP contribution is 2.72. The zero-order valence-corrected chi connectivity index (χ0v) is 19.4. The summed E-state index contributed by atoms with van der Waals surface area (Å²) in [6.07, 6.45) is 6.93. The molecule has 2 N–H and O–H groups in total. The Morgan fingerprint density at radius 1 is 1.03 bits per heavy atom. The molecule has 5 rings (SSSR count). The number of fused-ring (bicyclic) bond motifs is 5. The van der Waals surface area contributed by atoms with E-state index in [-0.39, 0.29) is 28.1 Å². The van der Waals surface area contributed by atoms with Gasteiger partial charge in [0.15, 0.2) is 0 Å². The van der Waals surface area contributed by atoms with Crippen LogP contribution < -0.4 is 0 Å². The van der Waals surface area contributed by atoms with Crippen LogP contribution in [0, 0.1) is 39.4 Å². The van der Waals surface area contributed by atoms with Crippen molar-refractivity contribution in [2.75, 3.05) is 0 Å². The van der Waals surface area contributed by atoms with Crippen molar-refractivity contribution < 1.29 is 24.5 Å². The number of carbonyl (C=O) groups is 2. The fourth-order valence-corrected chi connectivity index (χ4v) is 8.96. The molecular formula is C26H36O5. The molecule has 0 bridgehead atoms. The highest BCUT2D eigenvalue weighted by molar-refractivity contribution is 5.86. The van der Waals surface area contributed by atoms with Gasteiger partial charge < -0.3 is 14.9 Å². The van der Waals surface area contributed by atoms with Gasteiger partial charge >= 0.3 is 5.97 Å². The SMILES string of the molecule is CC1(C)C(=O)CCC2(C)C1CC(O)C1(C)C3=CCC(C4=CC(=O)OC4O)C3(C)CCC21. The Morgan fingerprint density at radius 2 is 1.74 bits per heavy atom. The van der Waals surface area contributed by atoms with E-state index in [1.165, 1.54) is 11.6 Å². The Hall–Kier alpha value is -1.46. The molecule has 0 aromatic heterocycles. The zero-order valence-electron chi connectivity index (χ0n) is 19.4. The molecule has 0 aromatic carbocycles. The minimum absolute atomic E-state index is 0.0108. The summed E-state index contributed by atoms with van der Waals surface area (Å²) in [5.74, 6) is 0.366. The first-order valence-electron chi connectivity index (χ1n) is 11.9. The largest absolute Gasteiger partial charge is 0.429 e. The second-order valence-electron chi connectivity index (χ2n) is 12.1. The number of aliphatic hydroxyl groups excluding tert-OH is 2. The van der Waals surface area contributed by atoms with Gasteiger partial charge in [-0.25, -0.2) is 4.79 Å². The van der Waals surface area contributed by atoms with Crippen molar-refractivity contribution in [3.8, 4) is 0 Å². The summed E-state index contributed by atoms with van der Waals surface area (Å²) in [7, 11) is 0. The van der Waals surface area contributed by atoms with Crippen molar-refractivity contribution in [1.29, 1.82) is 0 Å². The Balaban J connectivity index is 1.55. The van der Waals surface area contributed by atoms with Crippen molar-refractivity contribution in [2.45, 2.75) is 85.5 Å². The van der Waals surface area contributed by atoms with Crippen molar-refractivity contribution in [3.63, 3.8) is 0 Å². The van der Waals surface area contributed by atoms with Gasteiger partial charge in [-0.3, -0.25) is 4.79 Å². The minimum atomic E-state index is -1.16. The molecule has 5 nitrogen and oxygen atoms in total. The third-order valence-electron chi connectivity index (χ3n) is 10.6. The summed E-state index contributed by atoms with van der Waals surface area (Å²) >= 11 is 0. The minimum Gasteiger partial charge on any atom is -0.429 e. The van der Waals surface area contributed by atoms with Crippen molar-refractivity contribution >= 4 is 11.8 Å². The van der Waals surface area contributed by atoms with Crippen molar-refractivity contribution in [3.05, 3.63) is 23.3 Å². The monoisotopic (exact) mass is 428 g/mol. The quantitative estimate of drug-likeness (QED) is 0.488. The first-order chi connectivity index (χ1) is 14.4. The maximum Gasteiger partial charge on any atom is 0.333 e. The van der Waals surface area contributed by atoms with Gasteiger partial charge in [0, 0.05) is 28.9 Å². The predicted octanol–water partition coefficient (Wildman–Crippen LogP) is 3.93. The lowest BCUT2D eigenvalue weighted by molar-refractivity contribution is -0.190. The average molecular weight is 429 g/mol. The maximum atomic E-state index is 12.8. The Kier molecular flexibility index (Phi) is 4.36. The standard InChI is InChI=1S/C26H36O5/c1-23(2)18-13-20(28)26(5)16-7-6-15(14-12-21(29)31-22(14)30)24(16,3)10-8-17(26)25(18,4)11-9-19(23)27/h7,12,15,17-18,20,22,28,30H,6,8-11,13H2,1-5H3. The van der Waals surface area contributed by atoms with Crippen LogP contribution >= 0.6 is 0 Å². The van der Waals surface area contributed by atoms with E-state index in [0.29, 0.717) is 30.1 Å². The molecule has 4 aliphatic carbocycles. The number of Topliss-reactive ketones (excluding diaryl/α,β-unsaturated/α-hetero) is 1. The molecule has 31 heavy (non-hydrogen) atoms. The molecular weight excluding hydrogens is 392 g/mol. The van der Waals surface area contributed by atoms with E-state index in [1.807, 2.05) is 0 Å². The fraction of sp³-hybridized carbons (Fsp3) is 0.769. The van der Waals surface area contributed by atoms with Crippen LogP contribution in [0.2, 0.25) is 0 Å². The van der Waals surface area contributed by atoms with Crippen LogP contribution in [-0.2, 0) is 14.3 Å². The van der Waals surface area contributed by atoms with Crippen LogP contribution in [0.5, 0.6) is 0 Å². The summed E-state index contributed by atoms with van der Waals surface area (Å²) in [5, 5.41) is 22.0. The summed E-state index contributed by atoms with van der Waals surface area (Å²) in [6.45, 7) is 11.0. The number of ether oxygens (including phenoxy) is 1. The van der Waals surface area contributed by atoms with E-state index in [2.05, 4.69) is 40.7 Å². The molecule has 8 unspecified atom stereocenters. The molecule has 3 saturated carbocycles. The molecule has 0 saturated heterocycles. The topological polar surface area (TPSA) is 83.8 Å². The molecule has 8 atom stereocenters. The maximum absolute atomic E-state index is 12.8. The Bertz CT molecular complexity index is 915. The molecule has 1 heterocycles. The highest BCUT2D eigenvalue weighted by atomic mass is 16.6. The van der Waals surface area contributed by atoms with E-state index in [4.69, 9.17) is 4.74 Å². The third kappa shape index (κ3) is 2.51. The normalized spacial score (nSPS) is 50.7. The van der Waals surface area contributed by atoms with Gasteiger partial charge in [0.25, 0.3) is 0 Å². The number of carbonyl (C=O) groups excluding carboxylic acids is 2. The fourth-order valence-electron chi connectivity index (χ4n) is 8.96. The van der Waals surface area contributed by atoms with Gasteiger partial charge in [-0.15, -0.1) is 0 Å². The second-order valence-corrected chi connectivity index (χ2v) is 12.1. The molecule has 170 valence electrons. The molecule has 1 aliphatic heterocycles. The first-order valence-corrected chi connectivity index (χ1v) is 11.9. The first kappa shape index (κ1) is 21.4. The third-order valence-corrected chi connectivity index (χ3v) is 10.6. The van der Waals surface area contributed by atoms with Gasteiger partial charge in [-0.1, -0.05) is 46.3 Å². The molecule has 0 amide bonds. The van der Waals surface area contributed by atoms with Crippen LogP contribution in [-0.4, -0.2) is 34.4 Å². The van der Waals surface area contributed by atoms with Gasteiger partial charge in [0.1, 0.15) is 5.78 Å². The lowest BCUT2D eigenvalue weighted by atomic mass is 9.37. The molecule has 0 radical (unpaired) electrons. The van der Waals surface area contributed by atoms with Crippen LogP contribution in [0.3, 0.4) is 0 Å². The van der Waals surface area contributed by atoms with Gasteiger partial charge in [0.05, 0.1) is 6.10 Å². The Labute approximate surface area is 184 Å². The lowest BCUT2D eigenvalue weighted by Gasteiger charge is -2.67. The number of hydrogen-bond acceptors (Lipinski definition) is 5. The van der Waals surface area contributed by atoms with E-state index in [9.17, 15) is 19.8 Å². The number of esters is 1. The van der Waals surface area contributed by atoms with E-state index >= 15 is 0 Å². The predicted molar refractivity (Wildman–Crippen MR) is 116 cm³/mol. The number of rotatable bonds is 1. The van der Waals surface area contributed by atoms with E-state index < -0.39 is 23.8 Å². The van der Waals surface area contributed by atoms with Crippen LogP contribution in [0.25, 0.3) is 0 Å². The van der Waals surface area contributed by atoms with Crippen molar-refractivity contribution in [2.24, 2.45) is 39.4 Å². The van der Waals surface area contributed by atoms with E-state index in [1.54, 1.807) is 0 Å². The molecule has 0 aromatic rings. The zero-order chi connectivity index (χ0) is 22.6. The lowest BCUT2D eigenvalue weighted by Crippen LogP contribution is -2.64. The van der Waals surface area contributed by atoms with Gasteiger partial charge in [-0.2, -0.15) is 0 Å². The van der Waals surface area contributed by atoms with Crippen LogP contribution in [0.4, 0.5) is 0 Å². The summed E-state index contributed by atoms with van der Waals surface area (Å²) in [4.78, 5) is 24.6. The van der Waals surface area contributed by atoms with Gasteiger partial charge in [0.2, 0.25) is 6.29 Å². The summed E-state index contributed by atoms with van der Waals surface area (Å²) in [5.41, 5.74) is 1.00. The average Bonchev–Trinajstić information content (AvgIpc) is 3.20. The summed E-state index contributed by atoms with van der Waals surface area (Å²) < 4.78 is 5.00. The summed E-state index contributed by atoms with van der Waals surface area (Å²) in [6, 6.07) is 0. The van der Waals surface area contributed by atoms with Crippen LogP contribution in [0.1, 0.15) is 73.1 Å². The van der Waals surface area contributed by atoms with Crippen molar-refractivity contribution in [1.82, 2.24) is 0 Å². The number of ketones is 1. The number of hydrogen-bond donors (Lipinski definition) is 2. The highest BCUT2D eigenvalue weighted by Gasteiger charge is 2.68. The number of allylic oxidation sites excluding steroid dienone is 1. The second kappa shape index (κ2) is 6.32. The molecule has 5 heteroatoms. The Morgan fingerprint density at radius 3 is 2.39 bits per heavy atom. The number of cyclic esters (lactones) is 1. The molecule has 5 aliphatic rings. The molecule has 3 fully saturated rings. The van der Waals surface area contributed by atoms with Crippen LogP contribution in [0.15, 0.2) is 23.3 Å². The van der Waals surface area contributed by atoms with Gasteiger partial charge in [-0.05, 0) is 60.7 Å². The van der Waals surface area contributed by atoms with E-state index in [0.717, 1.165) is 25.7 Å². The number of aliphatic hydroxyl groups is 2. The molecule has 0 spiro atoms.